The van der Waals surface area contributed by atoms with Crippen LogP contribution < -0.4 is 15.4 Å². The molecule has 1 aliphatic carbocycles. The topological polar surface area (TPSA) is 85.2 Å². The van der Waals surface area contributed by atoms with Gasteiger partial charge in [-0.2, -0.15) is 5.10 Å². The molecule has 4 rings (SSSR count). The quantitative estimate of drug-likeness (QED) is 0.586. The van der Waals surface area contributed by atoms with E-state index in [-0.39, 0.29) is 30.3 Å². The average Bonchev–Trinajstić information content (AvgIpc) is 3.42. The summed E-state index contributed by atoms with van der Waals surface area (Å²) in [5, 5.41) is 10.2. The standard InChI is InChI=1S/C24H25FN4O3/c1-16-14-22(29(28-16)20-10-8-18(25)9-11-20)27-23(30)15-32-21-12-6-17(7-13-21)24(31)26-19-4-2-3-5-19/h6-14,19H,2-5,15H2,1H3,(H,26,31)(H,27,30). The Balaban J connectivity index is 1.32. The third-order valence-corrected chi connectivity index (χ3v) is 5.35. The van der Waals surface area contributed by atoms with Gasteiger partial charge in [0, 0.05) is 17.7 Å². The van der Waals surface area contributed by atoms with Gasteiger partial charge in [0.1, 0.15) is 17.4 Å². The summed E-state index contributed by atoms with van der Waals surface area (Å²) in [6.07, 6.45) is 4.37. The van der Waals surface area contributed by atoms with Crippen molar-refractivity contribution in [3.8, 4) is 11.4 Å². The normalized spacial score (nSPS) is 13.7. The first-order valence-electron chi connectivity index (χ1n) is 10.6. The number of carbonyl (C=O) groups excluding carboxylic acids is 2. The molecular weight excluding hydrogens is 411 g/mol. The Morgan fingerprint density at radius 1 is 1.09 bits per heavy atom. The number of nitrogens with one attached hydrogen (secondary N) is 2. The number of halogens is 1. The Kier molecular flexibility index (Phi) is 6.49. The van der Waals surface area contributed by atoms with Gasteiger partial charge in [-0.25, -0.2) is 9.07 Å². The van der Waals surface area contributed by atoms with Crippen molar-refractivity contribution in [2.24, 2.45) is 0 Å². The second kappa shape index (κ2) is 9.64. The van der Waals surface area contributed by atoms with Crippen LogP contribution in [0.2, 0.25) is 0 Å². The van der Waals surface area contributed by atoms with E-state index in [0.717, 1.165) is 25.7 Å². The van der Waals surface area contributed by atoms with Gasteiger partial charge in [0.25, 0.3) is 11.8 Å². The smallest absolute Gasteiger partial charge is 0.263 e. The van der Waals surface area contributed by atoms with Crippen LogP contribution in [0.5, 0.6) is 5.75 Å². The molecule has 0 spiro atoms. The summed E-state index contributed by atoms with van der Waals surface area (Å²) in [5.41, 5.74) is 1.89. The summed E-state index contributed by atoms with van der Waals surface area (Å²) in [4.78, 5) is 24.7. The van der Waals surface area contributed by atoms with Crippen LogP contribution in [0.25, 0.3) is 5.69 Å². The maximum Gasteiger partial charge on any atom is 0.263 e. The number of carbonyl (C=O) groups is 2. The van der Waals surface area contributed by atoms with E-state index in [2.05, 4.69) is 15.7 Å². The van der Waals surface area contributed by atoms with Crippen molar-refractivity contribution in [2.75, 3.05) is 11.9 Å². The molecule has 2 aromatic carbocycles. The molecule has 8 heteroatoms. The molecule has 2 amide bonds. The van der Waals surface area contributed by atoms with Crippen molar-refractivity contribution < 1.29 is 18.7 Å². The van der Waals surface area contributed by atoms with Crippen molar-refractivity contribution in [3.05, 3.63) is 71.7 Å². The summed E-state index contributed by atoms with van der Waals surface area (Å²) in [6, 6.07) is 14.5. The number of aromatic nitrogens is 2. The maximum atomic E-state index is 13.2. The summed E-state index contributed by atoms with van der Waals surface area (Å²) < 4.78 is 20.3. The van der Waals surface area contributed by atoms with Crippen molar-refractivity contribution in [1.29, 1.82) is 0 Å². The highest BCUT2D eigenvalue weighted by molar-refractivity contribution is 5.94. The van der Waals surface area contributed by atoms with Gasteiger partial charge in [0.05, 0.1) is 11.4 Å². The minimum atomic E-state index is -0.365. The molecule has 3 aromatic rings. The van der Waals surface area contributed by atoms with Crippen LogP contribution in [0, 0.1) is 12.7 Å². The average molecular weight is 436 g/mol. The minimum absolute atomic E-state index is 0.0920. The number of hydrogen-bond acceptors (Lipinski definition) is 4. The molecular formula is C24H25FN4O3. The number of rotatable bonds is 7. The van der Waals surface area contributed by atoms with Crippen LogP contribution in [0.3, 0.4) is 0 Å². The van der Waals surface area contributed by atoms with Crippen LogP contribution in [0.4, 0.5) is 10.2 Å². The summed E-state index contributed by atoms with van der Waals surface area (Å²) in [7, 11) is 0. The highest BCUT2D eigenvalue weighted by atomic mass is 19.1. The molecule has 166 valence electrons. The predicted octanol–water partition coefficient (Wildman–Crippen LogP) is 4.01. The fourth-order valence-electron chi connectivity index (χ4n) is 3.74. The molecule has 0 bridgehead atoms. The Labute approximate surface area is 185 Å². The molecule has 1 heterocycles. The van der Waals surface area contributed by atoms with Crippen LogP contribution in [-0.2, 0) is 4.79 Å². The first kappa shape index (κ1) is 21.5. The third-order valence-electron chi connectivity index (χ3n) is 5.35. The predicted molar refractivity (Wildman–Crippen MR) is 119 cm³/mol. The van der Waals surface area contributed by atoms with E-state index in [1.807, 2.05) is 0 Å². The van der Waals surface area contributed by atoms with Crippen molar-refractivity contribution in [3.63, 3.8) is 0 Å². The SMILES string of the molecule is Cc1cc(NC(=O)COc2ccc(C(=O)NC3CCCC3)cc2)n(-c2ccc(F)cc2)n1. The summed E-state index contributed by atoms with van der Waals surface area (Å²) in [6.45, 7) is 1.60. The number of hydrogen-bond donors (Lipinski definition) is 2. The fourth-order valence-corrected chi connectivity index (χ4v) is 3.74. The first-order chi connectivity index (χ1) is 15.5. The van der Waals surface area contributed by atoms with Gasteiger partial charge in [-0.1, -0.05) is 12.8 Å². The highest BCUT2D eigenvalue weighted by Gasteiger charge is 2.18. The number of ether oxygens (including phenoxy) is 1. The number of anilines is 1. The Bertz CT molecular complexity index is 1090. The molecule has 0 aliphatic heterocycles. The molecule has 1 saturated carbocycles. The van der Waals surface area contributed by atoms with Crippen LogP contribution >= 0.6 is 0 Å². The third kappa shape index (κ3) is 5.32. The van der Waals surface area contributed by atoms with Crippen molar-refractivity contribution in [2.45, 2.75) is 38.6 Å². The number of amides is 2. The Morgan fingerprint density at radius 3 is 2.47 bits per heavy atom. The molecule has 0 saturated heterocycles. The lowest BCUT2D eigenvalue weighted by Crippen LogP contribution is -2.32. The molecule has 1 aliphatic rings. The second-order valence-electron chi connectivity index (χ2n) is 7.88. The number of nitrogens with zero attached hydrogens (tertiary/aromatic N) is 2. The fraction of sp³-hybridized carbons (Fsp3) is 0.292. The van der Waals surface area contributed by atoms with E-state index in [9.17, 15) is 14.0 Å². The van der Waals surface area contributed by atoms with Crippen molar-refractivity contribution >= 4 is 17.6 Å². The van der Waals surface area contributed by atoms with Gasteiger partial charge in [0.15, 0.2) is 6.61 Å². The van der Waals surface area contributed by atoms with E-state index in [1.54, 1.807) is 49.4 Å². The van der Waals surface area contributed by atoms with Crippen molar-refractivity contribution in [1.82, 2.24) is 15.1 Å². The molecule has 32 heavy (non-hydrogen) atoms. The Hall–Kier alpha value is -3.68. The summed E-state index contributed by atoms with van der Waals surface area (Å²) in [5.74, 6) is 0.142. The van der Waals surface area contributed by atoms with Gasteiger partial charge >= 0.3 is 0 Å². The van der Waals surface area contributed by atoms with E-state index in [4.69, 9.17) is 4.74 Å². The lowest BCUT2D eigenvalue weighted by molar-refractivity contribution is -0.118. The van der Waals surface area contributed by atoms with Crippen LogP contribution in [0.15, 0.2) is 54.6 Å². The van der Waals surface area contributed by atoms with Gasteiger partial charge in [-0.3, -0.25) is 9.59 Å². The molecule has 0 unspecified atom stereocenters. The molecule has 0 atom stereocenters. The second-order valence-corrected chi connectivity index (χ2v) is 7.88. The minimum Gasteiger partial charge on any atom is -0.484 e. The lowest BCUT2D eigenvalue weighted by atomic mass is 10.1. The van der Waals surface area contributed by atoms with E-state index in [0.29, 0.717) is 28.5 Å². The van der Waals surface area contributed by atoms with Crippen LogP contribution in [0.1, 0.15) is 41.7 Å². The largest absolute Gasteiger partial charge is 0.484 e. The van der Waals surface area contributed by atoms with E-state index >= 15 is 0 Å². The van der Waals surface area contributed by atoms with E-state index < -0.39 is 0 Å². The van der Waals surface area contributed by atoms with Gasteiger partial charge in [0.2, 0.25) is 0 Å². The van der Waals surface area contributed by atoms with Crippen LogP contribution in [-0.4, -0.2) is 34.2 Å². The molecule has 1 aromatic heterocycles. The lowest BCUT2D eigenvalue weighted by Gasteiger charge is -2.12. The maximum absolute atomic E-state index is 13.2. The molecule has 1 fully saturated rings. The Morgan fingerprint density at radius 2 is 1.78 bits per heavy atom. The van der Waals surface area contributed by atoms with Gasteiger partial charge < -0.3 is 15.4 Å². The van der Waals surface area contributed by atoms with E-state index in [1.165, 1.54) is 16.8 Å². The zero-order valence-corrected chi connectivity index (χ0v) is 17.8. The summed E-state index contributed by atoms with van der Waals surface area (Å²) >= 11 is 0. The zero-order chi connectivity index (χ0) is 22.5. The zero-order valence-electron chi connectivity index (χ0n) is 17.8. The monoisotopic (exact) mass is 436 g/mol. The number of benzene rings is 2. The molecule has 0 radical (unpaired) electrons. The first-order valence-corrected chi connectivity index (χ1v) is 10.6. The highest BCUT2D eigenvalue weighted by Crippen LogP contribution is 2.20. The molecule has 2 N–H and O–H groups in total. The number of aryl methyl sites for hydroxylation is 1. The molecule has 7 nitrogen and oxygen atoms in total. The van der Waals surface area contributed by atoms with Gasteiger partial charge in [-0.15, -0.1) is 0 Å². The van der Waals surface area contributed by atoms with Gasteiger partial charge in [-0.05, 0) is 68.3 Å².